The molecule has 1 aromatic carbocycles. The molecule has 0 aliphatic carbocycles. The molecule has 0 spiro atoms. The molecule has 4 heteroatoms. The summed E-state index contributed by atoms with van der Waals surface area (Å²) >= 11 is 0. The van der Waals surface area contributed by atoms with Gasteiger partial charge in [-0.05, 0) is 62.5 Å². The van der Waals surface area contributed by atoms with Crippen molar-refractivity contribution < 1.29 is 5.11 Å². The van der Waals surface area contributed by atoms with Crippen LogP contribution in [0.15, 0.2) is 12.1 Å². The second-order valence-corrected chi connectivity index (χ2v) is 8.44. The van der Waals surface area contributed by atoms with E-state index in [1.165, 1.54) is 54.6 Å². The largest absolute Gasteiger partial charge is 0.395 e. The predicted octanol–water partition coefficient (Wildman–Crippen LogP) is 2.79. The molecule has 2 heterocycles. The minimum atomic E-state index is 0.291. The lowest BCUT2D eigenvalue weighted by Crippen LogP contribution is -2.44. The number of aliphatic hydroxyl groups is 1. The minimum absolute atomic E-state index is 0.291. The number of hydrogen-bond donors (Lipinski definition) is 1. The molecule has 4 nitrogen and oxygen atoms in total. The van der Waals surface area contributed by atoms with Crippen LogP contribution in [0, 0.1) is 13.8 Å². The Bertz CT molecular complexity index is 581. The Balaban J connectivity index is 1.72. The number of piperazine rings is 1. The maximum absolute atomic E-state index is 9.82. The van der Waals surface area contributed by atoms with Gasteiger partial charge in [0.15, 0.2) is 0 Å². The van der Waals surface area contributed by atoms with Gasteiger partial charge in [0.1, 0.15) is 0 Å². The molecule has 1 atom stereocenters. The van der Waals surface area contributed by atoms with E-state index in [1.54, 1.807) is 0 Å². The summed E-state index contributed by atoms with van der Waals surface area (Å²) < 4.78 is 0. The Kier molecular flexibility index (Phi) is 7.10. The Hall–Kier alpha value is -0.940. The molecule has 0 saturated carbocycles. The van der Waals surface area contributed by atoms with Gasteiger partial charge >= 0.3 is 0 Å². The van der Waals surface area contributed by atoms with Gasteiger partial charge in [-0.25, -0.2) is 0 Å². The van der Waals surface area contributed by atoms with Gasteiger partial charge < -0.3 is 10.0 Å². The topological polar surface area (TPSA) is 30.0 Å². The number of hydrogen-bond acceptors (Lipinski definition) is 4. The van der Waals surface area contributed by atoms with Gasteiger partial charge in [0.2, 0.25) is 0 Å². The van der Waals surface area contributed by atoms with E-state index in [4.69, 9.17) is 0 Å². The first-order valence-corrected chi connectivity index (χ1v) is 10.4. The fourth-order valence-electron chi connectivity index (χ4n) is 4.41. The normalized spacial score (nSPS) is 23.9. The molecule has 2 saturated heterocycles. The minimum Gasteiger partial charge on any atom is -0.395 e. The summed E-state index contributed by atoms with van der Waals surface area (Å²) in [6, 6.07) is 5.15. The van der Waals surface area contributed by atoms with E-state index in [9.17, 15) is 5.11 Å². The highest BCUT2D eigenvalue weighted by Gasteiger charge is 2.21. The molecule has 0 bridgehead atoms. The molecular weight excluding hydrogens is 322 g/mol. The number of nitrogens with zero attached hydrogens (tertiary/aromatic N) is 3. The molecule has 2 aliphatic heterocycles. The van der Waals surface area contributed by atoms with Crippen LogP contribution in [0.4, 0.5) is 0 Å². The summed E-state index contributed by atoms with van der Waals surface area (Å²) in [5.41, 5.74) is 5.73. The van der Waals surface area contributed by atoms with Crippen LogP contribution < -0.4 is 0 Å². The van der Waals surface area contributed by atoms with Crippen molar-refractivity contribution in [2.24, 2.45) is 0 Å². The van der Waals surface area contributed by atoms with Crippen LogP contribution in [-0.2, 0) is 13.1 Å². The van der Waals surface area contributed by atoms with E-state index in [2.05, 4.69) is 47.7 Å². The Morgan fingerprint density at radius 3 is 2.27 bits per heavy atom. The highest BCUT2D eigenvalue weighted by molar-refractivity contribution is 5.37. The van der Waals surface area contributed by atoms with Gasteiger partial charge in [-0.1, -0.05) is 25.0 Å². The van der Waals surface area contributed by atoms with Crippen LogP contribution in [0.5, 0.6) is 0 Å². The number of rotatable bonds is 5. The summed E-state index contributed by atoms with van der Waals surface area (Å²) in [7, 11) is 2.21. The van der Waals surface area contributed by atoms with Crippen LogP contribution in [0.1, 0.15) is 47.9 Å². The number of benzene rings is 1. The first-order valence-electron chi connectivity index (χ1n) is 10.4. The van der Waals surface area contributed by atoms with Gasteiger partial charge in [-0.15, -0.1) is 0 Å². The Morgan fingerprint density at radius 1 is 0.885 bits per heavy atom. The Morgan fingerprint density at radius 2 is 1.58 bits per heavy atom. The average molecular weight is 360 g/mol. The lowest BCUT2D eigenvalue weighted by molar-refractivity contribution is 0.118. The lowest BCUT2D eigenvalue weighted by Gasteiger charge is -2.33. The maximum Gasteiger partial charge on any atom is 0.0586 e. The molecule has 2 fully saturated rings. The number of aryl methyl sites for hydroxylation is 2. The van der Waals surface area contributed by atoms with Crippen molar-refractivity contribution in [2.45, 2.75) is 58.7 Å². The molecular formula is C22H37N3O. The molecule has 1 aromatic rings. The Labute approximate surface area is 159 Å². The third-order valence-electron chi connectivity index (χ3n) is 6.37. The van der Waals surface area contributed by atoms with E-state index in [1.807, 2.05) is 0 Å². The first kappa shape index (κ1) is 19.8. The molecule has 1 N–H and O–H groups in total. The maximum atomic E-state index is 9.82. The second kappa shape index (κ2) is 9.32. The lowest BCUT2D eigenvalue weighted by atomic mass is 9.98. The third-order valence-corrected chi connectivity index (χ3v) is 6.37. The van der Waals surface area contributed by atoms with E-state index < -0.39 is 0 Å². The van der Waals surface area contributed by atoms with Gasteiger partial charge in [0.25, 0.3) is 0 Å². The summed E-state index contributed by atoms with van der Waals surface area (Å²) in [4.78, 5) is 7.52. The number of aliphatic hydroxyl groups excluding tert-OH is 1. The molecule has 2 aliphatic rings. The smallest absolute Gasteiger partial charge is 0.0586 e. The summed E-state index contributed by atoms with van der Waals surface area (Å²) in [5.74, 6) is 0. The van der Waals surface area contributed by atoms with Gasteiger partial charge in [-0.2, -0.15) is 0 Å². The summed E-state index contributed by atoms with van der Waals surface area (Å²) in [6.07, 6.45) is 4.95. The zero-order valence-corrected chi connectivity index (χ0v) is 17.0. The van der Waals surface area contributed by atoms with E-state index in [-0.39, 0.29) is 0 Å². The summed E-state index contributed by atoms with van der Waals surface area (Å²) in [5, 5.41) is 9.82. The fraction of sp³-hybridized carbons (Fsp3) is 0.727. The van der Waals surface area contributed by atoms with Crippen molar-refractivity contribution >= 4 is 0 Å². The van der Waals surface area contributed by atoms with Crippen LogP contribution in [0.3, 0.4) is 0 Å². The van der Waals surface area contributed by atoms with Crippen molar-refractivity contribution in [3.05, 3.63) is 34.4 Å². The van der Waals surface area contributed by atoms with Gasteiger partial charge in [0.05, 0.1) is 6.61 Å². The number of likely N-dealkylation sites (tertiary alicyclic amines) is 1. The predicted molar refractivity (Wildman–Crippen MR) is 108 cm³/mol. The summed E-state index contributed by atoms with van der Waals surface area (Å²) in [6.45, 7) is 12.6. The fourth-order valence-corrected chi connectivity index (χ4v) is 4.41. The SMILES string of the molecule is Cc1cc(C)c(CN2CCCCC[C@H]2CO)cc1CN1CCN(C)CC1. The van der Waals surface area contributed by atoms with Crippen molar-refractivity contribution in [2.75, 3.05) is 46.4 Å². The van der Waals surface area contributed by atoms with Crippen molar-refractivity contribution in [1.29, 1.82) is 0 Å². The standard InChI is InChI=1S/C22H37N3O/c1-18-13-19(2)21(16-25-8-6-4-5-7-22(25)17-26)14-20(18)15-24-11-9-23(3)10-12-24/h13-14,22,26H,4-12,15-17H2,1-3H3/t22-/m0/s1. The van der Waals surface area contributed by atoms with Gasteiger partial charge in [-0.3, -0.25) is 9.80 Å². The van der Waals surface area contributed by atoms with Crippen molar-refractivity contribution in [3.63, 3.8) is 0 Å². The van der Waals surface area contributed by atoms with E-state index in [0.29, 0.717) is 12.6 Å². The van der Waals surface area contributed by atoms with Crippen molar-refractivity contribution in [3.8, 4) is 0 Å². The van der Waals surface area contributed by atoms with Crippen LogP contribution in [-0.4, -0.2) is 72.2 Å². The highest BCUT2D eigenvalue weighted by atomic mass is 16.3. The molecule has 0 aromatic heterocycles. The molecule has 3 rings (SSSR count). The second-order valence-electron chi connectivity index (χ2n) is 8.44. The highest BCUT2D eigenvalue weighted by Crippen LogP contribution is 2.23. The molecule has 146 valence electrons. The third kappa shape index (κ3) is 5.07. The van der Waals surface area contributed by atoms with Crippen LogP contribution >= 0.6 is 0 Å². The molecule has 0 radical (unpaired) electrons. The van der Waals surface area contributed by atoms with E-state index >= 15 is 0 Å². The zero-order chi connectivity index (χ0) is 18.5. The van der Waals surface area contributed by atoms with Crippen LogP contribution in [0.25, 0.3) is 0 Å². The first-order chi connectivity index (χ1) is 12.6. The monoisotopic (exact) mass is 359 g/mol. The van der Waals surface area contributed by atoms with E-state index in [0.717, 1.165) is 39.1 Å². The molecule has 0 unspecified atom stereocenters. The molecule has 0 amide bonds. The van der Waals surface area contributed by atoms with Crippen molar-refractivity contribution in [1.82, 2.24) is 14.7 Å². The molecule has 26 heavy (non-hydrogen) atoms. The van der Waals surface area contributed by atoms with Gasteiger partial charge in [0, 0.05) is 45.3 Å². The van der Waals surface area contributed by atoms with Crippen LogP contribution in [0.2, 0.25) is 0 Å². The zero-order valence-electron chi connectivity index (χ0n) is 17.0. The number of likely N-dealkylation sites (N-methyl/N-ethyl adjacent to an activating group) is 1. The quantitative estimate of drug-likeness (QED) is 0.876. The average Bonchev–Trinajstić information content (AvgIpc) is 2.86.